The van der Waals surface area contributed by atoms with Gasteiger partial charge in [-0.15, -0.1) is 22.7 Å². The van der Waals surface area contributed by atoms with Gasteiger partial charge in [-0.25, -0.2) is 9.97 Å². The van der Waals surface area contributed by atoms with Gasteiger partial charge < -0.3 is 15.0 Å². The summed E-state index contributed by atoms with van der Waals surface area (Å²) in [5, 5.41) is 5.45. The number of thiazole rings is 2. The molecule has 1 saturated heterocycles. The Hall–Kier alpha value is -1.55. The molecule has 3 aliphatic rings. The molecule has 2 aromatic heterocycles. The number of hydrogen-bond donors (Lipinski definition) is 1. The van der Waals surface area contributed by atoms with Crippen molar-refractivity contribution < 1.29 is 9.53 Å². The topological polar surface area (TPSA) is 70.6 Å². The number of amides is 1. The van der Waals surface area contributed by atoms with Crippen molar-refractivity contribution >= 4 is 33.7 Å². The highest BCUT2D eigenvalue weighted by Crippen LogP contribution is 2.36. The predicted molar refractivity (Wildman–Crippen MR) is 138 cm³/mol. The summed E-state index contributed by atoms with van der Waals surface area (Å²) in [6.07, 6.45) is 9.32. The minimum Gasteiger partial charge on any atom is -0.375 e. The van der Waals surface area contributed by atoms with Crippen LogP contribution in [0.15, 0.2) is 6.20 Å². The second-order valence-electron chi connectivity index (χ2n) is 10.5. The van der Waals surface area contributed by atoms with Crippen molar-refractivity contribution in [3.05, 3.63) is 26.7 Å². The van der Waals surface area contributed by atoms with E-state index in [1.54, 1.807) is 18.4 Å². The van der Waals surface area contributed by atoms with Crippen LogP contribution in [0.1, 0.15) is 59.5 Å². The minimum absolute atomic E-state index is 0.0132. The summed E-state index contributed by atoms with van der Waals surface area (Å²) >= 11 is 3.49. The molecule has 0 bridgehead atoms. The summed E-state index contributed by atoms with van der Waals surface area (Å²) in [7, 11) is 1.80. The van der Waals surface area contributed by atoms with Gasteiger partial charge in [0.1, 0.15) is 0 Å². The van der Waals surface area contributed by atoms with E-state index in [0.29, 0.717) is 12.5 Å². The number of carbonyl (C=O) groups excluding carboxylic acids is 1. The molecule has 1 amide bonds. The SMILES string of the molecule is COC1(C)CN(c2nc3c(s2)CCN(CC[C@H]2CC[C@H](NC(=O)Cc4cnc(C)s4)CC2)C3)C1. The first-order chi connectivity index (χ1) is 16.4. The average Bonchev–Trinajstić information content (AvgIpc) is 3.41. The van der Waals surface area contributed by atoms with E-state index in [9.17, 15) is 4.79 Å². The Balaban J connectivity index is 1.02. The maximum Gasteiger partial charge on any atom is 0.225 e. The number of nitrogens with one attached hydrogen (secondary N) is 1. The van der Waals surface area contributed by atoms with Crippen molar-refractivity contribution in [2.24, 2.45) is 5.92 Å². The average molecular weight is 504 g/mol. The number of aryl methyl sites for hydroxylation is 1. The van der Waals surface area contributed by atoms with E-state index < -0.39 is 0 Å². The minimum atomic E-state index is -0.0132. The first-order valence-corrected chi connectivity index (χ1v) is 14.2. The third-order valence-electron chi connectivity index (χ3n) is 7.68. The van der Waals surface area contributed by atoms with Crippen LogP contribution in [0.5, 0.6) is 0 Å². The molecule has 0 spiro atoms. The zero-order valence-electron chi connectivity index (χ0n) is 20.6. The molecule has 0 atom stereocenters. The fourth-order valence-corrected chi connectivity index (χ4v) is 7.32. The number of aromatic nitrogens is 2. The summed E-state index contributed by atoms with van der Waals surface area (Å²) in [6, 6.07) is 0.338. The van der Waals surface area contributed by atoms with Gasteiger partial charge in [-0.1, -0.05) is 0 Å². The zero-order chi connectivity index (χ0) is 23.7. The molecule has 2 aliphatic heterocycles. The monoisotopic (exact) mass is 503 g/mol. The van der Waals surface area contributed by atoms with Crippen LogP contribution >= 0.6 is 22.7 Å². The zero-order valence-corrected chi connectivity index (χ0v) is 22.3. The summed E-state index contributed by atoms with van der Waals surface area (Å²) in [5.41, 5.74) is 1.28. The summed E-state index contributed by atoms with van der Waals surface area (Å²) in [4.78, 5) is 29.1. The van der Waals surface area contributed by atoms with Crippen LogP contribution in [0.3, 0.4) is 0 Å². The maximum atomic E-state index is 12.4. The first-order valence-electron chi connectivity index (χ1n) is 12.6. The molecule has 34 heavy (non-hydrogen) atoms. The van der Waals surface area contributed by atoms with E-state index in [0.717, 1.165) is 67.8 Å². The largest absolute Gasteiger partial charge is 0.375 e. The Morgan fingerprint density at radius 1 is 1.26 bits per heavy atom. The van der Waals surface area contributed by atoms with Crippen molar-refractivity contribution in [3.8, 4) is 0 Å². The highest BCUT2D eigenvalue weighted by Gasteiger charge is 2.40. The summed E-state index contributed by atoms with van der Waals surface area (Å²) in [6.45, 7) is 9.32. The van der Waals surface area contributed by atoms with E-state index in [4.69, 9.17) is 9.72 Å². The lowest BCUT2D eigenvalue weighted by Gasteiger charge is -2.46. The number of methoxy groups -OCH3 is 1. The predicted octanol–water partition coefficient (Wildman–Crippen LogP) is 3.80. The molecule has 1 N–H and O–H groups in total. The number of hydrogen-bond acceptors (Lipinski definition) is 8. The Morgan fingerprint density at radius 3 is 2.76 bits per heavy atom. The van der Waals surface area contributed by atoms with E-state index in [1.165, 1.54) is 35.0 Å². The van der Waals surface area contributed by atoms with Gasteiger partial charge in [0.15, 0.2) is 5.13 Å². The normalized spacial score (nSPS) is 24.5. The van der Waals surface area contributed by atoms with E-state index in [-0.39, 0.29) is 11.5 Å². The van der Waals surface area contributed by atoms with Crippen LogP contribution in [0.25, 0.3) is 0 Å². The van der Waals surface area contributed by atoms with Gasteiger partial charge >= 0.3 is 0 Å². The molecular weight excluding hydrogens is 466 g/mol. The summed E-state index contributed by atoms with van der Waals surface area (Å²) < 4.78 is 5.59. The molecule has 4 heterocycles. The maximum absolute atomic E-state index is 12.4. The Kier molecular flexibility index (Phi) is 7.25. The van der Waals surface area contributed by atoms with Crippen molar-refractivity contribution in [1.82, 2.24) is 20.2 Å². The molecule has 2 fully saturated rings. The van der Waals surface area contributed by atoms with Gasteiger partial charge in [0.25, 0.3) is 0 Å². The van der Waals surface area contributed by atoms with Gasteiger partial charge in [0, 0.05) is 42.2 Å². The highest BCUT2D eigenvalue weighted by atomic mass is 32.1. The molecule has 1 aliphatic carbocycles. The number of anilines is 1. The van der Waals surface area contributed by atoms with Crippen LogP contribution in [-0.2, 0) is 28.9 Å². The molecular formula is C25H37N5O2S2. The lowest BCUT2D eigenvalue weighted by Crippen LogP contribution is -2.61. The van der Waals surface area contributed by atoms with Crippen molar-refractivity contribution in [1.29, 1.82) is 0 Å². The Labute approximate surface area is 210 Å². The summed E-state index contributed by atoms with van der Waals surface area (Å²) in [5.74, 6) is 0.918. The molecule has 5 rings (SSSR count). The van der Waals surface area contributed by atoms with E-state index in [2.05, 4.69) is 27.0 Å². The molecule has 7 nitrogen and oxygen atoms in total. The van der Waals surface area contributed by atoms with E-state index >= 15 is 0 Å². The van der Waals surface area contributed by atoms with Crippen LogP contribution in [0.4, 0.5) is 5.13 Å². The molecule has 0 aromatic carbocycles. The number of rotatable bonds is 8. The van der Waals surface area contributed by atoms with Gasteiger partial charge in [0.2, 0.25) is 5.91 Å². The third-order valence-corrected chi connectivity index (χ3v) is 9.81. The highest BCUT2D eigenvalue weighted by molar-refractivity contribution is 7.15. The van der Waals surface area contributed by atoms with Crippen molar-refractivity contribution in [3.63, 3.8) is 0 Å². The number of ether oxygens (including phenoxy) is 1. The smallest absolute Gasteiger partial charge is 0.225 e. The number of fused-ring (bicyclic) bond motifs is 1. The molecule has 9 heteroatoms. The van der Waals surface area contributed by atoms with E-state index in [1.807, 2.05) is 24.5 Å². The Bertz CT molecular complexity index is 991. The fourth-order valence-electron chi connectivity index (χ4n) is 5.48. The van der Waals surface area contributed by atoms with Crippen LogP contribution in [0, 0.1) is 12.8 Å². The van der Waals surface area contributed by atoms with Gasteiger partial charge in [-0.3, -0.25) is 9.69 Å². The second-order valence-corrected chi connectivity index (χ2v) is 12.9. The third kappa shape index (κ3) is 5.64. The van der Waals surface area contributed by atoms with Crippen LogP contribution < -0.4 is 10.2 Å². The second kappa shape index (κ2) is 10.2. The Morgan fingerprint density at radius 2 is 2.06 bits per heavy atom. The molecule has 0 unspecified atom stereocenters. The van der Waals surface area contributed by atoms with Gasteiger partial charge in [-0.2, -0.15) is 0 Å². The molecule has 1 saturated carbocycles. The van der Waals surface area contributed by atoms with Crippen LogP contribution in [-0.4, -0.2) is 65.7 Å². The number of nitrogens with zero attached hydrogens (tertiary/aromatic N) is 4. The standard InChI is InChI=1S/C25H37N5O2S2/c1-17-26-13-20(33-17)12-23(31)27-19-6-4-18(5-7-19)8-10-29-11-9-22-21(14-29)28-24(34-22)30-15-25(2,16-30)32-3/h13,18-19H,4-12,14-16H2,1-3H3,(H,27,31)/t18-,19-. The first kappa shape index (κ1) is 24.2. The van der Waals surface area contributed by atoms with Crippen molar-refractivity contribution in [2.75, 3.05) is 38.2 Å². The van der Waals surface area contributed by atoms with Gasteiger partial charge in [-0.05, 0) is 64.8 Å². The lowest BCUT2D eigenvalue weighted by atomic mass is 9.84. The molecule has 186 valence electrons. The number of carbonyl (C=O) groups is 1. The lowest BCUT2D eigenvalue weighted by molar-refractivity contribution is -0.121. The molecule has 0 radical (unpaired) electrons. The fraction of sp³-hybridized carbons (Fsp3) is 0.720. The van der Waals surface area contributed by atoms with Crippen molar-refractivity contribution in [2.45, 2.75) is 77.0 Å². The van der Waals surface area contributed by atoms with Crippen LogP contribution in [0.2, 0.25) is 0 Å². The van der Waals surface area contributed by atoms with Gasteiger partial charge in [0.05, 0.1) is 35.8 Å². The molecule has 2 aromatic rings. The quantitative estimate of drug-likeness (QED) is 0.591.